The minimum absolute atomic E-state index is 0.145. The summed E-state index contributed by atoms with van der Waals surface area (Å²) >= 11 is 6.00. The van der Waals surface area contributed by atoms with Gasteiger partial charge in [0.25, 0.3) is 0 Å². The molecule has 0 atom stereocenters. The zero-order valence-electron chi connectivity index (χ0n) is 18.6. The molecule has 32 heavy (non-hydrogen) atoms. The third-order valence-corrected chi connectivity index (χ3v) is 7.03. The van der Waals surface area contributed by atoms with Gasteiger partial charge in [0, 0.05) is 42.8 Å². The van der Waals surface area contributed by atoms with Gasteiger partial charge in [-0.3, -0.25) is 9.69 Å². The van der Waals surface area contributed by atoms with Crippen molar-refractivity contribution in [3.8, 4) is 0 Å². The second-order valence-corrected chi connectivity index (χ2v) is 9.48. The molecule has 5 rings (SSSR count). The van der Waals surface area contributed by atoms with Gasteiger partial charge in [-0.1, -0.05) is 17.7 Å². The molecule has 7 heteroatoms. The summed E-state index contributed by atoms with van der Waals surface area (Å²) in [5.74, 6) is 1.49. The van der Waals surface area contributed by atoms with Gasteiger partial charge in [-0.05, 0) is 74.8 Å². The fraction of sp³-hybridized carbons (Fsp3) is 0.440. The smallest absolute Gasteiger partial charge is 0.225 e. The number of piperazine rings is 1. The number of hydrogen-bond donors (Lipinski definition) is 1. The first kappa shape index (κ1) is 21.3. The number of anilines is 1. The second-order valence-electron chi connectivity index (χ2n) is 9.04. The Balaban J connectivity index is 1.11. The van der Waals surface area contributed by atoms with Gasteiger partial charge in [-0.2, -0.15) is 0 Å². The molecule has 1 aromatic heterocycles. The molecule has 0 aliphatic carbocycles. The highest BCUT2D eigenvalue weighted by atomic mass is 35.5. The number of aromatic nitrogens is 2. The summed E-state index contributed by atoms with van der Waals surface area (Å²) in [6, 6.07) is 14.3. The lowest BCUT2D eigenvalue weighted by molar-refractivity contribution is -0.137. The third kappa shape index (κ3) is 4.62. The Morgan fingerprint density at radius 3 is 2.47 bits per heavy atom. The van der Waals surface area contributed by atoms with Crippen molar-refractivity contribution in [3.63, 3.8) is 0 Å². The van der Waals surface area contributed by atoms with Crippen LogP contribution in [0.4, 0.5) is 5.69 Å². The normalized spacial score (nSPS) is 18.4. The average molecular weight is 452 g/mol. The molecule has 0 bridgehead atoms. The van der Waals surface area contributed by atoms with E-state index in [1.54, 1.807) is 0 Å². The number of aryl methyl sites for hydroxylation is 1. The molecule has 1 amide bonds. The monoisotopic (exact) mass is 451 g/mol. The number of carbonyl (C=O) groups is 1. The van der Waals surface area contributed by atoms with Crippen molar-refractivity contribution in [3.05, 3.63) is 58.9 Å². The summed E-state index contributed by atoms with van der Waals surface area (Å²) in [4.78, 5) is 28.1. The number of nitrogens with zero attached hydrogens (tertiary/aromatic N) is 4. The highest BCUT2D eigenvalue weighted by Crippen LogP contribution is 2.24. The Morgan fingerprint density at radius 1 is 1.03 bits per heavy atom. The number of amides is 1. The van der Waals surface area contributed by atoms with E-state index in [0.717, 1.165) is 80.5 Å². The van der Waals surface area contributed by atoms with Crippen LogP contribution < -0.4 is 4.90 Å². The molecular weight excluding hydrogens is 422 g/mol. The first-order chi connectivity index (χ1) is 15.5. The zero-order chi connectivity index (χ0) is 22.1. The van der Waals surface area contributed by atoms with Crippen molar-refractivity contribution in [2.75, 3.05) is 44.2 Å². The highest BCUT2D eigenvalue weighted by molar-refractivity contribution is 6.30. The number of imidazole rings is 1. The van der Waals surface area contributed by atoms with E-state index in [4.69, 9.17) is 16.6 Å². The van der Waals surface area contributed by atoms with Gasteiger partial charge < -0.3 is 14.8 Å². The molecule has 3 aromatic rings. The molecule has 0 spiro atoms. The molecule has 2 aliphatic heterocycles. The number of H-pyrrole nitrogens is 1. The zero-order valence-corrected chi connectivity index (χ0v) is 19.3. The topological polar surface area (TPSA) is 55.5 Å². The first-order valence-corrected chi connectivity index (χ1v) is 11.9. The predicted molar refractivity (Wildman–Crippen MR) is 129 cm³/mol. The largest absolute Gasteiger partial charge is 0.368 e. The molecule has 6 nitrogen and oxygen atoms in total. The van der Waals surface area contributed by atoms with Crippen molar-refractivity contribution in [1.82, 2.24) is 19.8 Å². The van der Waals surface area contributed by atoms with Crippen molar-refractivity contribution in [2.24, 2.45) is 5.92 Å². The van der Waals surface area contributed by atoms with E-state index in [1.165, 1.54) is 11.3 Å². The molecule has 1 N–H and O–H groups in total. The number of nitrogens with one attached hydrogen (secondary N) is 1. The predicted octanol–water partition coefficient (Wildman–Crippen LogP) is 4.09. The number of fused-ring (bicyclic) bond motifs is 1. The molecule has 2 fully saturated rings. The summed E-state index contributed by atoms with van der Waals surface area (Å²) in [5.41, 5.74) is 4.53. The molecule has 3 heterocycles. The van der Waals surface area contributed by atoms with Crippen molar-refractivity contribution in [2.45, 2.75) is 26.3 Å². The molecule has 168 valence electrons. The highest BCUT2D eigenvalue weighted by Gasteiger charge is 2.30. The Labute approximate surface area is 194 Å². The standard InChI is InChI=1S/C25H30ClN5O/c1-18-2-7-22-23(16-18)28-24(27-22)17-29-10-8-19(9-11-29)25(32)31-14-12-30(13-15-31)21-5-3-20(26)4-6-21/h2-7,16,19H,8-15,17H2,1H3,(H,27,28). The van der Waals surface area contributed by atoms with Gasteiger partial charge in [0.05, 0.1) is 17.6 Å². The number of halogens is 1. The quantitative estimate of drug-likeness (QED) is 0.649. The Bertz CT molecular complexity index is 1080. The van der Waals surface area contributed by atoms with Gasteiger partial charge in [-0.15, -0.1) is 0 Å². The van der Waals surface area contributed by atoms with Gasteiger partial charge in [0.15, 0.2) is 0 Å². The number of piperidine rings is 1. The van der Waals surface area contributed by atoms with Crippen molar-refractivity contribution >= 4 is 34.2 Å². The minimum atomic E-state index is 0.145. The van der Waals surface area contributed by atoms with Gasteiger partial charge in [0.2, 0.25) is 5.91 Å². The fourth-order valence-electron chi connectivity index (χ4n) is 4.90. The molecule has 2 aromatic carbocycles. The summed E-state index contributed by atoms with van der Waals surface area (Å²) in [6.07, 6.45) is 1.85. The number of likely N-dealkylation sites (tertiary alicyclic amines) is 1. The molecule has 2 saturated heterocycles. The van der Waals surface area contributed by atoms with Crippen LogP contribution in [-0.2, 0) is 11.3 Å². The van der Waals surface area contributed by atoms with E-state index in [2.05, 4.69) is 56.9 Å². The first-order valence-electron chi connectivity index (χ1n) is 11.5. The molecular formula is C25H30ClN5O. The van der Waals surface area contributed by atoms with Crippen LogP contribution in [0.2, 0.25) is 5.02 Å². The van der Waals surface area contributed by atoms with Gasteiger partial charge in [0.1, 0.15) is 5.82 Å². The fourth-order valence-corrected chi connectivity index (χ4v) is 5.02. The third-order valence-electron chi connectivity index (χ3n) is 6.78. The SMILES string of the molecule is Cc1ccc2nc(CN3CCC(C(=O)N4CCN(c5ccc(Cl)cc5)CC4)CC3)[nH]c2c1. The Kier molecular flexibility index (Phi) is 6.07. The molecule has 0 unspecified atom stereocenters. The van der Waals surface area contributed by atoms with Crippen molar-refractivity contribution < 1.29 is 4.79 Å². The minimum Gasteiger partial charge on any atom is -0.368 e. The van der Waals surface area contributed by atoms with Crippen LogP contribution in [0.5, 0.6) is 0 Å². The maximum Gasteiger partial charge on any atom is 0.225 e. The lowest BCUT2D eigenvalue weighted by Gasteiger charge is -2.39. The van der Waals surface area contributed by atoms with Crippen LogP contribution in [-0.4, -0.2) is 64.9 Å². The van der Waals surface area contributed by atoms with E-state index in [1.807, 2.05) is 12.1 Å². The number of aromatic amines is 1. The van der Waals surface area contributed by atoms with Crippen LogP contribution >= 0.6 is 11.6 Å². The van der Waals surface area contributed by atoms with Crippen LogP contribution in [0.25, 0.3) is 11.0 Å². The average Bonchev–Trinajstić information content (AvgIpc) is 3.21. The van der Waals surface area contributed by atoms with Crippen LogP contribution in [0.15, 0.2) is 42.5 Å². The van der Waals surface area contributed by atoms with E-state index < -0.39 is 0 Å². The van der Waals surface area contributed by atoms with Gasteiger partial charge in [-0.25, -0.2) is 4.98 Å². The lowest BCUT2D eigenvalue weighted by atomic mass is 9.95. The summed E-state index contributed by atoms with van der Waals surface area (Å²) in [6.45, 7) is 8.12. The number of benzene rings is 2. The Morgan fingerprint density at radius 2 is 1.75 bits per heavy atom. The second kappa shape index (κ2) is 9.12. The maximum atomic E-state index is 13.1. The van der Waals surface area contributed by atoms with E-state index >= 15 is 0 Å². The number of rotatable bonds is 4. The summed E-state index contributed by atoms with van der Waals surface area (Å²) in [7, 11) is 0. The van der Waals surface area contributed by atoms with Crippen LogP contribution in [0.3, 0.4) is 0 Å². The number of hydrogen-bond acceptors (Lipinski definition) is 4. The van der Waals surface area contributed by atoms with E-state index in [0.29, 0.717) is 5.91 Å². The lowest BCUT2D eigenvalue weighted by Crippen LogP contribution is -2.51. The van der Waals surface area contributed by atoms with Crippen molar-refractivity contribution in [1.29, 1.82) is 0 Å². The van der Waals surface area contributed by atoms with Crippen LogP contribution in [0, 0.1) is 12.8 Å². The molecule has 0 saturated carbocycles. The van der Waals surface area contributed by atoms with E-state index in [-0.39, 0.29) is 5.92 Å². The summed E-state index contributed by atoms with van der Waals surface area (Å²) < 4.78 is 0. The Hall–Kier alpha value is -2.57. The maximum absolute atomic E-state index is 13.1. The number of carbonyl (C=O) groups excluding carboxylic acids is 1. The molecule has 0 radical (unpaired) electrons. The molecule has 2 aliphatic rings. The van der Waals surface area contributed by atoms with Gasteiger partial charge >= 0.3 is 0 Å². The van der Waals surface area contributed by atoms with E-state index in [9.17, 15) is 4.79 Å². The van der Waals surface area contributed by atoms with Crippen LogP contribution in [0.1, 0.15) is 24.2 Å². The summed E-state index contributed by atoms with van der Waals surface area (Å²) in [5, 5.41) is 0.754.